The summed E-state index contributed by atoms with van der Waals surface area (Å²) in [6, 6.07) is 12.4. The first kappa shape index (κ1) is 22.4. The van der Waals surface area contributed by atoms with Gasteiger partial charge >= 0.3 is 0 Å². The van der Waals surface area contributed by atoms with Gasteiger partial charge in [-0.05, 0) is 42.8 Å². The quantitative estimate of drug-likeness (QED) is 0.560. The van der Waals surface area contributed by atoms with Gasteiger partial charge in [0.15, 0.2) is 0 Å². The van der Waals surface area contributed by atoms with Crippen LogP contribution in [0.5, 0.6) is 0 Å². The van der Waals surface area contributed by atoms with E-state index in [1.807, 2.05) is 49.4 Å². The second kappa shape index (κ2) is 9.71. The summed E-state index contributed by atoms with van der Waals surface area (Å²) in [4.78, 5) is 0. The average molecular weight is 420 g/mol. The van der Waals surface area contributed by atoms with Gasteiger partial charge in [0, 0.05) is 47.2 Å². The lowest BCUT2D eigenvalue weighted by Gasteiger charge is -2.27. The Labute approximate surface area is 183 Å². The third-order valence-electron chi connectivity index (χ3n) is 5.32. The Kier molecular flexibility index (Phi) is 7.02. The van der Waals surface area contributed by atoms with E-state index >= 15 is 0 Å². The molecule has 0 spiro atoms. The largest absolute Gasteiger partial charge is 0.398 e. The van der Waals surface area contributed by atoms with Gasteiger partial charge in [-0.15, -0.1) is 0 Å². The minimum absolute atomic E-state index is 0.0639. The second-order valence-electron chi connectivity index (χ2n) is 8.22. The van der Waals surface area contributed by atoms with E-state index in [1.165, 1.54) is 12.1 Å². The fourth-order valence-electron chi connectivity index (χ4n) is 3.38. The van der Waals surface area contributed by atoms with Crippen LogP contribution in [0.25, 0.3) is 5.70 Å². The topological polar surface area (TPSA) is 74.8 Å². The van der Waals surface area contributed by atoms with Crippen LogP contribution in [0, 0.1) is 5.82 Å². The van der Waals surface area contributed by atoms with E-state index in [0.717, 1.165) is 34.6 Å². The lowest BCUT2D eigenvalue weighted by atomic mass is 9.84. The molecule has 0 saturated heterocycles. The first-order valence-electron chi connectivity index (χ1n) is 10.4. The molecule has 1 unspecified atom stereocenters. The molecule has 0 saturated carbocycles. The number of nitrogens with one attached hydrogen (secondary N) is 2. The molecule has 0 amide bonds. The molecule has 1 atom stereocenters. The van der Waals surface area contributed by atoms with Gasteiger partial charge in [0.1, 0.15) is 5.82 Å². The summed E-state index contributed by atoms with van der Waals surface area (Å²) in [5.74, 6) is -0.226. The maximum Gasteiger partial charge on any atom is 0.123 e. The van der Waals surface area contributed by atoms with E-state index in [1.54, 1.807) is 6.21 Å². The van der Waals surface area contributed by atoms with Crippen molar-refractivity contribution >= 4 is 23.3 Å². The molecule has 0 aliphatic carbocycles. The molecule has 6 heteroatoms. The third kappa shape index (κ3) is 5.67. The van der Waals surface area contributed by atoms with E-state index in [0.29, 0.717) is 12.2 Å². The van der Waals surface area contributed by atoms with Crippen LogP contribution in [0.3, 0.4) is 0 Å². The van der Waals surface area contributed by atoms with Crippen molar-refractivity contribution in [1.82, 2.24) is 10.6 Å². The van der Waals surface area contributed by atoms with Gasteiger partial charge in [0.2, 0.25) is 0 Å². The standard InChI is InChI=1S/C25H30FN5/c1-5-28-17(2)22-14-18(6-12-23(22)27)24-13-11-21(15-30-31-24)29-16-25(3,4)19-7-9-20(26)10-8-19/h6-15,21,28-29H,2,5,16,27H2,1,3-4H3. The number of hydrogen-bond donors (Lipinski definition) is 3. The van der Waals surface area contributed by atoms with Gasteiger partial charge in [0.05, 0.1) is 11.8 Å². The molecule has 0 bridgehead atoms. The predicted octanol–water partition coefficient (Wildman–Crippen LogP) is 4.27. The van der Waals surface area contributed by atoms with Crippen molar-refractivity contribution < 1.29 is 4.39 Å². The molecule has 1 aliphatic rings. The molecule has 31 heavy (non-hydrogen) atoms. The Morgan fingerprint density at radius 2 is 1.94 bits per heavy atom. The van der Waals surface area contributed by atoms with E-state index < -0.39 is 0 Å². The van der Waals surface area contributed by atoms with Crippen LogP contribution >= 0.6 is 0 Å². The molecule has 0 radical (unpaired) electrons. The van der Waals surface area contributed by atoms with Crippen LogP contribution in [0.2, 0.25) is 0 Å². The highest BCUT2D eigenvalue weighted by Gasteiger charge is 2.21. The number of nitrogens with zero attached hydrogens (tertiary/aromatic N) is 2. The summed E-state index contributed by atoms with van der Waals surface area (Å²) in [7, 11) is 0. The Bertz CT molecular complexity index is 1020. The maximum atomic E-state index is 13.2. The fourth-order valence-corrected chi connectivity index (χ4v) is 3.38. The first-order chi connectivity index (χ1) is 14.8. The second-order valence-corrected chi connectivity index (χ2v) is 8.22. The summed E-state index contributed by atoms with van der Waals surface area (Å²) < 4.78 is 13.2. The van der Waals surface area contributed by atoms with Crippen molar-refractivity contribution in [2.24, 2.45) is 10.2 Å². The minimum atomic E-state index is -0.226. The molecule has 162 valence electrons. The molecule has 1 heterocycles. The monoisotopic (exact) mass is 419 g/mol. The molecule has 5 nitrogen and oxygen atoms in total. The molecule has 3 rings (SSSR count). The van der Waals surface area contributed by atoms with E-state index in [2.05, 4.69) is 41.3 Å². The third-order valence-corrected chi connectivity index (χ3v) is 5.32. The summed E-state index contributed by atoms with van der Waals surface area (Å²) >= 11 is 0. The molecule has 0 fully saturated rings. The van der Waals surface area contributed by atoms with Crippen molar-refractivity contribution in [1.29, 1.82) is 0 Å². The molecular weight excluding hydrogens is 389 g/mol. The number of benzene rings is 2. The van der Waals surface area contributed by atoms with Gasteiger partial charge in [-0.25, -0.2) is 4.39 Å². The normalized spacial score (nSPS) is 16.0. The molecule has 4 N–H and O–H groups in total. The Morgan fingerprint density at radius 1 is 1.19 bits per heavy atom. The highest BCUT2D eigenvalue weighted by atomic mass is 19.1. The van der Waals surface area contributed by atoms with E-state index in [-0.39, 0.29) is 17.3 Å². The van der Waals surface area contributed by atoms with Crippen LogP contribution in [0.1, 0.15) is 37.5 Å². The van der Waals surface area contributed by atoms with Crippen LogP contribution in [0.15, 0.2) is 71.4 Å². The van der Waals surface area contributed by atoms with Crippen molar-refractivity contribution in [2.45, 2.75) is 32.2 Å². The summed E-state index contributed by atoms with van der Waals surface area (Å²) in [5, 5.41) is 15.3. The van der Waals surface area contributed by atoms with Gasteiger partial charge in [-0.1, -0.05) is 44.7 Å². The lowest BCUT2D eigenvalue weighted by Crippen LogP contribution is -2.39. The number of halogens is 1. The fraction of sp³-hybridized carbons (Fsp3) is 0.280. The van der Waals surface area contributed by atoms with E-state index in [9.17, 15) is 4.39 Å². The number of rotatable bonds is 8. The Morgan fingerprint density at radius 3 is 2.65 bits per heavy atom. The van der Waals surface area contributed by atoms with Gasteiger partial charge < -0.3 is 16.4 Å². The Balaban J connectivity index is 1.69. The van der Waals surface area contributed by atoms with Crippen molar-refractivity contribution in [2.75, 3.05) is 18.8 Å². The van der Waals surface area contributed by atoms with Gasteiger partial charge in [0.25, 0.3) is 0 Å². The molecule has 1 aliphatic heterocycles. The number of anilines is 1. The lowest BCUT2D eigenvalue weighted by molar-refractivity contribution is 0.471. The molecular formula is C25H30FN5. The highest BCUT2D eigenvalue weighted by molar-refractivity contribution is 6.10. The molecule has 0 aromatic heterocycles. The van der Waals surface area contributed by atoms with Crippen molar-refractivity contribution in [3.05, 3.63) is 83.7 Å². The minimum Gasteiger partial charge on any atom is -0.398 e. The van der Waals surface area contributed by atoms with Crippen LogP contribution in [0.4, 0.5) is 10.1 Å². The number of nitrogen functional groups attached to an aromatic ring is 1. The number of hydrogen-bond acceptors (Lipinski definition) is 5. The zero-order chi connectivity index (χ0) is 22.4. The number of allylic oxidation sites excluding steroid dienone is 1. The van der Waals surface area contributed by atoms with Crippen LogP contribution in [-0.4, -0.2) is 31.1 Å². The van der Waals surface area contributed by atoms with Gasteiger partial charge in [-0.2, -0.15) is 10.2 Å². The predicted molar refractivity (Wildman–Crippen MR) is 129 cm³/mol. The summed E-state index contributed by atoms with van der Waals surface area (Å²) in [6.07, 6.45) is 5.77. The smallest absolute Gasteiger partial charge is 0.123 e. The van der Waals surface area contributed by atoms with Crippen molar-refractivity contribution in [3.8, 4) is 0 Å². The first-order valence-corrected chi connectivity index (χ1v) is 10.4. The van der Waals surface area contributed by atoms with Crippen LogP contribution < -0.4 is 16.4 Å². The molecule has 2 aromatic rings. The maximum absolute atomic E-state index is 13.2. The average Bonchev–Trinajstić information content (AvgIpc) is 2.99. The number of nitrogens with two attached hydrogens (primary N) is 1. The SMILES string of the molecule is C=C(NCC)c1cc(C2=NN=CC(NCC(C)(C)c3ccc(F)cc3)C=C2)ccc1N. The van der Waals surface area contributed by atoms with Gasteiger partial charge in [-0.3, -0.25) is 0 Å². The molecule has 2 aromatic carbocycles. The zero-order valence-corrected chi connectivity index (χ0v) is 18.3. The summed E-state index contributed by atoms with van der Waals surface area (Å²) in [6.45, 7) is 11.8. The van der Waals surface area contributed by atoms with E-state index in [4.69, 9.17) is 5.73 Å². The zero-order valence-electron chi connectivity index (χ0n) is 18.3. The highest BCUT2D eigenvalue weighted by Crippen LogP contribution is 2.23. The van der Waals surface area contributed by atoms with Crippen LogP contribution in [-0.2, 0) is 5.41 Å². The van der Waals surface area contributed by atoms with Crippen molar-refractivity contribution in [3.63, 3.8) is 0 Å². The Hall–Kier alpha value is -3.25. The summed E-state index contributed by atoms with van der Waals surface area (Å²) in [5.41, 5.74) is 11.0.